The van der Waals surface area contributed by atoms with E-state index >= 15 is 0 Å². The highest BCUT2D eigenvalue weighted by molar-refractivity contribution is 5.78. The highest BCUT2D eigenvalue weighted by Crippen LogP contribution is 2.16. The molecule has 0 spiro atoms. The molecule has 1 N–H and O–H groups in total. The highest BCUT2D eigenvalue weighted by atomic mass is 16.2. The number of carbonyl (C=O) groups excluding carboxylic acids is 2. The van der Waals surface area contributed by atoms with Gasteiger partial charge in [0, 0.05) is 32.6 Å². The monoisotopic (exact) mass is 307 g/mol. The minimum atomic E-state index is -0.0499. The summed E-state index contributed by atoms with van der Waals surface area (Å²) in [6.45, 7) is 10.1. The lowest BCUT2D eigenvalue weighted by atomic mass is 9.94. The number of rotatable bonds is 6. The molecule has 1 rings (SSSR count). The van der Waals surface area contributed by atoms with Crippen molar-refractivity contribution in [3.63, 3.8) is 0 Å². The first kappa shape index (κ1) is 18.5. The van der Waals surface area contributed by atoms with Crippen LogP contribution in [0, 0.1) is 24.2 Å². The lowest BCUT2D eigenvalue weighted by Crippen LogP contribution is -2.40. The van der Waals surface area contributed by atoms with Crippen molar-refractivity contribution < 1.29 is 9.59 Å². The van der Waals surface area contributed by atoms with Crippen LogP contribution >= 0.6 is 0 Å². The van der Waals surface area contributed by atoms with E-state index in [1.165, 1.54) is 0 Å². The van der Waals surface area contributed by atoms with Gasteiger partial charge in [-0.15, -0.1) is 6.42 Å². The highest BCUT2D eigenvalue weighted by Gasteiger charge is 2.22. The zero-order valence-corrected chi connectivity index (χ0v) is 14.1. The van der Waals surface area contributed by atoms with Crippen LogP contribution in [-0.4, -0.2) is 60.9 Å². The van der Waals surface area contributed by atoms with Crippen LogP contribution < -0.4 is 5.32 Å². The molecule has 1 fully saturated rings. The number of hydrogen-bond donors (Lipinski definition) is 1. The lowest BCUT2D eigenvalue weighted by molar-refractivity contribution is -0.132. The summed E-state index contributed by atoms with van der Waals surface area (Å²) in [5, 5.41) is 2.68. The largest absolute Gasteiger partial charge is 0.344 e. The normalized spacial score (nSPS) is 17.7. The van der Waals surface area contributed by atoms with Gasteiger partial charge in [0.25, 0.3) is 0 Å². The Balaban J connectivity index is 2.40. The molecule has 2 amide bonds. The summed E-state index contributed by atoms with van der Waals surface area (Å²) < 4.78 is 0. The van der Waals surface area contributed by atoms with Gasteiger partial charge in [-0.2, -0.15) is 0 Å². The van der Waals surface area contributed by atoms with E-state index in [-0.39, 0.29) is 18.4 Å². The Hall–Kier alpha value is -1.54. The second-order valence-electron chi connectivity index (χ2n) is 6.42. The number of nitrogens with zero attached hydrogens (tertiary/aromatic N) is 2. The molecule has 0 saturated carbocycles. The Morgan fingerprint density at radius 1 is 1.18 bits per heavy atom. The molecule has 0 aliphatic carbocycles. The van der Waals surface area contributed by atoms with Crippen LogP contribution in [0.4, 0.5) is 0 Å². The Kier molecular flexibility index (Phi) is 7.97. The summed E-state index contributed by atoms with van der Waals surface area (Å²) in [6.07, 6.45) is 6.64. The van der Waals surface area contributed by atoms with Crippen LogP contribution in [-0.2, 0) is 9.59 Å². The van der Waals surface area contributed by atoms with Crippen molar-refractivity contribution in [1.29, 1.82) is 0 Å². The third-order valence-corrected chi connectivity index (χ3v) is 4.33. The summed E-state index contributed by atoms with van der Waals surface area (Å²) in [7, 11) is 0. The smallest absolute Gasteiger partial charge is 0.234 e. The van der Waals surface area contributed by atoms with Gasteiger partial charge in [0.2, 0.25) is 11.8 Å². The summed E-state index contributed by atoms with van der Waals surface area (Å²) in [5.41, 5.74) is 0. The molecule has 0 bridgehead atoms. The second kappa shape index (κ2) is 9.47. The third kappa shape index (κ3) is 6.48. The van der Waals surface area contributed by atoms with E-state index < -0.39 is 0 Å². The average molecular weight is 307 g/mol. The molecule has 1 aliphatic rings. The Bertz CT molecular complexity index is 415. The third-order valence-electron chi connectivity index (χ3n) is 4.33. The van der Waals surface area contributed by atoms with Crippen molar-refractivity contribution in [3.8, 4) is 12.3 Å². The van der Waals surface area contributed by atoms with Crippen molar-refractivity contribution in [2.75, 3.05) is 39.3 Å². The van der Waals surface area contributed by atoms with E-state index in [0.29, 0.717) is 31.3 Å². The number of amides is 2. The minimum absolute atomic E-state index is 0.0499. The topological polar surface area (TPSA) is 52.7 Å². The maximum absolute atomic E-state index is 12.3. The lowest BCUT2D eigenvalue weighted by Gasteiger charge is -2.24. The maximum atomic E-state index is 12.3. The van der Waals surface area contributed by atoms with Crippen molar-refractivity contribution in [1.82, 2.24) is 15.1 Å². The molecule has 124 valence electrons. The van der Waals surface area contributed by atoms with Crippen molar-refractivity contribution in [3.05, 3.63) is 0 Å². The Morgan fingerprint density at radius 3 is 2.55 bits per heavy atom. The van der Waals surface area contributed by atoms with Gasteiger partial charge in [0.05, 0.1) is 13.1 Å². The van der Waals surface area contributed by atoms with Crippen LogP contribution in [0.3, 0.4) is 0 Å². The predicted octanol–water partition coefficient (Wildman–Crippen LogP) is 0.952. The quantitative estimate of drug-likeness (QED) is 0.744. The van der Waals surface area contributed by atoms with Gasteiger partial charge in [0.1, 0.15) is 0 Å². The fraction of sp³-hybridized carbons (Fsp3) is 0.765. The molecule has 1 saturated heterocycles. The van der Waals surface area contributed by atoms with E-state index in [1.807, 2.05) is 4.90 Å². The molecule has 0 aromatic heterocycles. The van der Waals surface area contributed by atoms with E-state index in [0.717, 1.165) is 26.1 Å². The number of hydrogen-bond acceptors (Lipinski definition) is 3. The van der Waals surface area contributed by atoms with Crippen LogP contribution in [0.25, 0.3) is 0 Å². The summed E-state index contributed by atoms with van der Waals surface area (Å²) in [6, 6.07) is 0. The average Bonchev–Trinajstić information content (AvgIpc) is 2.70. The molecule has 0 radical (unpaired) electrons. The molecule has 0 aromatic rings. The first-order valence-electron chi connectivity index (χ1n) is 8.14. The second-order valence-corrected chi connectivity index (χ2v) is 6.42. The molecule has 1 aliphatic heterocycles. The fourth-order valence-electron chi connectivity index (χ4n) is 2.43. The predicted molar refractivity (Wildman–Crippen MR) is 88.1 cm³/mol. The molecule has 5 heteroatoms. The van der Waals surface area contributed by atoms with Gasteiger partial charge in [0.15, 0.2) is 0 Å². The minimum Gasteiger partial charge on any atom is -0.344 e. The van der Waals surface area contributed by atoms with Crippen LogP contribution in [0.5, 0.6) is 0 Å². The van der Waals surface area contributed by atoms with Crippen molar-refractivity contribution in [2.24, 2.45) is 11.8 Å². The van der Waals surface area contributed by atoms with Gasteiger partial charge in [-0.05, 0) is 18.3 Å². The van der Waals surface area contributed by atoms with Gasteiger partial charge < -0.3 is 10.2 Å². The number of nitrogens with one attached hydrogen (secondary N) is 1. The van der Waals surface area contributed by atoms with E-state index in [2.05, 4.69) is 36.9 Å². The van der Waals surface area contributed by atoms with E-state index in [1.54, 1.807) is 0 Å². The molecule has 1 heterocycles. The first-order chi connectivity index (χ1) is 10.4. The zero-order valence-electron chi connectivity index (χ0n) is 14.1. The molecular formula is C17H29N3O2. The molecule has 0 unspecified atom stereocenters. The maximum Gasteiger partial charge on any atom is 0.234 e. The standard InChI is InChI=1S/C17H29N3O2/c1-5-7-18-16(21)13-19-8-6-9-20(11-10-19)17(22)12-15(4)14(2)3/h1,14-15H,6-13H2,2-4H3,(H,18,21)/t15-/m0/s1. The van der Waals surface area contributed by atoms with E-state index in [4.69, 9.17) is 6.42 Å². The van der Waals surface area contributed by atoms with Crippen LogP contribution in [0.1, 0.15) is 33.6 Å². The molecule has 22 heavy (non-hydrogen) atoms. The fourth-order valence-corrected chi connectivity index (χ4v) is 2.43. The molecule has 5 nitrogen and oxygen atoms in total. The number of terminal acetylenes is 1. The van der Waals surface area contributed by atoms with Crippen molar-refractivity contribution in [2.45, 2.75) is 33.6 Å². The van der Waals surface area contributed by atoms with Gasteiger partial charge >= 0.3 is 0 Å². The number of carbonyl (C=O) groups is 2. The Morgan fingerprint density at radius 2 is 1.91 bits per heavy atom. The summed E-state index contributed by atoms with van der Waals surface area (Å²) >= 11 is 0. The van der Waals surface area contributed by atoms with Gasteiger partial charge in [-0.25, -0.2) is 0 Å². The summed E-state index contributed by atoms with van der Waals surface area (Å²) in [4.78, 5) is 28.1. The van der Waals surface area contributed by atoms with E-state index in [9.17, 15) is 9.59 Å². The summed E-state index contributed by atoms with van der Waals surface area (Å²) in [5.74, 6) is 3.50. The van der Waals surface area contributed by atoms with Crippen LogP contribution in [0.15, 0.2) is 0 Å². The molecule has 0 aromatic carbocycles. The Labute approximate surface area is 134 Å². The van der Waals surface area contributed by atoms with Crippen molar-refractivity contribution >= 4 is 11.8 Å². The molecular weight excluding hydrogens is 278 g/mol. The van der Waals surface area contributed by atoms with Gasteiger partial charge in [-0.1, -0.05) is 26.7 Å². The molecule has 1 atom stereocenters. The first-order valence-corrected chi connectivity index (χ1v) is 8.14. The van der Waals surface area contributed by atoms with Gasteiger partial charge in [-0.3, -0.25) is 14.5 Å². The van der Waals surface area contributed by atoms with Crippen LogP contribution in [0.2, 0.25) is 0 Å². The zero-order chi connectivity index (χ0) is 16.5. The SMILES string of the molecule is C#CCNC(=O)CN1CCCN(C(=O)C[C@H](C)C(C)C)CC1.